The quantitative estimate of drug-likeness (QED) is 0.743. The van der Waals surface area contributed by atoms with E-state index in [-0.39, 0.29) is 11.9 Å². The average molecular weight is 198 g/mol. The Morgan fingerprint density at radius 1 is 1.50 bits per heavy atom. The van der Waals surface area contributed by atoms with E-state index in [1.54, 1.807) is 0 Å². The molecule has 2 unspecified atom stereocenters. The van der Waals surface area contributed by atoms with Gasteiger partial charge in [-0.25, -0.2) is 0 Å². The number of carbonyl (C=O) groups excluding carboxylic acids is 1. The van der Waals surface area contributed by atoms with Gasteiger partial charge in [-0.05, 0) is 26.7 Å². The molecule has 1 rings (SSSR count). The van der Waals surface area contributed by atoms with Gasteiger partial charge in [0.25, 0.3) is 0 Å². The number of hydrogen-bond donors (Lipinski definition) is 1. The first kappa shape index (κ1) is 11.5. The van der Waals surface area contributed by atoms with E-state index in [4.69, 9.17) is 0 Å². The molecule has 1 aliphatic rings. The van der Waals surface area contributed by atoms with Crippen LogP contribution in [-0.4, -0.2) is 36.0 Å². The van der Waals surface area contributed by atoms with Crippen molar-refractivity contribution in [2.75, 3.05) is 13.1 Å². The zero-order valence-electron chi connectivity index (χ0n) is 9.55. The summed E-state index contributed by atoms with van der Waals surface area (Å²) in [7, 11) is 0. The van der Waals surface area contributed by atoms with Crippen molar-refractivity contribution in [2.24, 2.45) is 0 Å². The van der Waals surface area contributed by atoms with Crippen LogP contribution in [-0.2, 0) is 4.79 Å². The summed E-state index contributed by atoms with van der Waals surface area (Å²) in [5.41, 5.74) is 0. The van der Waals surface area contributed by atoms with E-state index >= 15 is 0 Å². The lowest BCUT2D eigenvalue weighted by atomic mass is 10.2. The second-order valence-corrected chi connectivity index (χ2v) is 4.26. The SMILES string of the molecule is CCCCN1CCC(C)NC(C)C1=O. The largest absolute Gasteiger partial charge is 0.341 e. The van der Waals surface area contributed by atoms with Crippen LogP contribution in [0.3, 0.4) is 0 Å². The Balaban J connectivity index is 2.52. The second-order valence-electron chi connectivity index (χ2n) is 4.26. The molecule has 1 aliphatic heterocycles. The summed E-state index contributed by atoms with van der Waals surface area (Å²) in [5, 5.41) is 3.31. The van der Waals surface area contributed by atoms with Gasteiger partial charge >= 0.3 is 0 Å². The smallest absolute Gasteiger partial charge is 0.239 e. The maximum Gasteiger partial charge on any atom is 0.239 e. The summed E-state index contributed by atoms with van der Waals surface area (Å²) in [6, 6.07) is 0.449. The molecule has 0 spiro atoms. The zero-order valence-corrected chi connectivity index (χ0v) is 9.55. The first-order chi connectivity index (χ1) is 6.65. The Bertz CT molecular complexity index is 194. The molecule has 3 nitrogen and oxygen atoms in total. The summed E-state index contributed by atoms with van der Waals surface area (Å²) in [4.78, 5) is 13.9. The highest BCUT2D eigenvalue weighted by atomic mass is 16.2. The normalized spacial score (nSPS) is 29.1. The van der Waals surface area contributed by atoms with Crippen molar-refractivity contribution >= 4 is 5.91 Å². The lowest BCUT2D eigenvalue weighted by Crippen LogP contribution is -2.43. The predicted molar refractivity (Wildman–Crippen MR) is 58.2 cm³/mol. The number of nitrogens with zero attached hydrogens (tertiary/aromatic N) is 1. The van der Waals surface area contributed by atoms with Crippen LogP contribution in [0.5, 0.6) is 0 Å². The standard InChI is InChI=1S/C11H22N2O/c1-4-5-7-13-8-6-9(2)12-10(3)11(13)14/h9-10,12H,4-8H2,1-3H3. The van der Waals surface area contributed by atoms with Crippen molar-refractivity contribution in [3.05, 3.63) is 0 Å². The van der Waals surface area contributed by atoms with Crippen LogP contribution in [0.2, 0.25) is 0 Å². The molecule has 3 heteroatoms. The molecule has 1 saturated heterocycles. The molecule has 0 aliphatic carbocycles. The number of carbonyl (C=O) groups is 1. The van der Waals surface area contributed by atoms with Crippen LogP contribution in [0, 0.1) is 0 Å². The molecule has 14 heavy (non-hydrogen) atoms. The molecule has 2 atom stereocenters. The second kappa shape index (κ2) is 5.35. The maximum atomic E-state index is 11.9. The highest BCUT2D eigenvalue weighted by Crippen LogP contribution is 2.08. The van der Waals surface area contributed by atoms with Gasteiger partial charge in [0.1, 0.15) is 0 Å². The minimum absolute atomic E-state index is 0.00986. The van der Waals surface area contributed by atoms with E-state index in [9.17, 15) is 4.79 Å². The van der Waals surface area contributed by atoms with Gasteiger partial charge in [0.2, 0.25) is 5.91 Å². The molecule has 0 aromatic rings. The molecule has 1 heterocycles. The Morgan fingerprint density at radius 3 is 2.86 bits per heavy atom. The summed E-state index contributed by atoms with van der Waals surface area (Å²) in [6.45, 7) is 8.11. The van der Waals surface area contributed by atoms with Gasteiger partial charge in [-0.1, -0.05) is 13.3 Å². The lowest BCUT2D eigenvalue weighted by Gasteiger charge is -2.22. The van der Waals surface area contributed by atoms with Gasteiger partial charge in [0, 0.05) is 19.1 Å². The monoisotopic (exact) mass is 198 g/mol. The number of rotatable bonds is 3. The van der Waals surface area contributed by atoms with Gasteiger partial charge in [0.05, 0.1) is 6.04 Å². The minimum Gasteiger partial charge on any atom is -0.341 e. The fourth-order valence-corrected chi connectivity index (χ4v) is 1.89. The van der Waals surface area contributed by atoms with Crippen molar-refractivity contribution < 1.29 is 4.79 Å². The van der Waals surface area contributed by atoms with Gasteiger partial charge in [-0.2, -0.15) is 0 Å². The fourth-order valence-electron chi connectivity index (χ4n) is 1.89. The highest BCUT2D eigenvalue weighted by molar-refractivity contribution is 5.81. The van der Waals surface area contributed by atoms with E-state index in [1.165, 1.54) is 0 Å². The van der Waals surface area contributed by atoms with Gasteiger partial charge < -0.3 is 10.2 Å². The Hall–Kier alpha value is -0.570. The van der Waals surface area contributed by atoms with Crippen molar-refractivity contribution in [2.45, 2.75) is 52.1 Å². The summed E-state index contributed by atoms with van der Waals surface area (Å²) in [6.07, 6.45) is 3.34. The van der Waals surface area contributed by atoms with Crippen LogP contribution < -0.4 is 5.32 Å². The first-order valence-corrected chi connectivity index (χ1v) is 5.70. The number of unbranched alkanes of at least 4 members (excludes halogenated alkanes) is 1. The molecule has 0 aromatic heterocycles. The first-order valence-electron chi connectivity index (χ1n) is 5.70. The van der Waals surface area contributed by atoms with Crippen molar-refractivity contribution in [3.63, 3.8) is 0 Å². The molecule has 82 valence electrons. The lowest BCUT2D eigenvalue weighted by molar-refractivity contribution is -0.132. The molecular formula is C11H22N2O. The Labute approximate surface area is 86.9 Å². The molecule has 0 saturated carbocycles. The third-order valence-electron chi connectivity index (χ3n) is 2.83. The van der Waals surface area contributed by atoms with Crippen LogP contribution in [0.1, 0.15) is 40.0 Å². The Kier molecular flexibility index (Phi) is 4.39. The highest BCUT2D eigenvalue weighted by Gasteiger charge is 2.25. The van der Waals surface area contributed by atoms with Crippen LogP contribution in [0.25, 0.3) is 0 Å². The maximum absolute atomic E-state index is 11.9. The van der Waals surface area contributed by atoms with Crippen molar-refractivity contribution in [1.29, 1.82) is 0 Å². The summed E-state index contributed by atoms with van der Waals surface area (Å²) in [5.74, 6) is 0.266. The van der Waals surface area contributed by atoms with Crippen molar-refractivity contribution in [1.82, 2.24) is 10.2 Å². The summed E-state index contributed by atoms with van der Waals surface area (Å²) < 4.78 is 0. The van der Waals surface area contributed by atoms with E-state index in [1.807, 2.05) is 11.8 Å². The van der Waals surface area contributed by atoms with E-state index in [0.717, 1.165) is 32.4 Å². The molecular weight excluding hydrogens is 176 g/mol. The fraction of sp³-hybridized carbons (Fsp3) is 0.909. The number of amides is 1. The van der Waals surface area contributed by atoms with Gasteiger partial charge in [0.15, 0.2) is 0 Å². The molecule has 0 radical (unpaired) electrons. The predicted octanol–water partition coefficient (Wildman–Crippen LogP) is 1.39. The van der Waals surface area contributed by atoms with E-state index in [2.05, 4.69) is 19.2 Å². The minimum atomic E-state index is -0.00986. The van der Waals surface area contributed by atoms with E-state index in [0.29, 0.717) is 6.04 Å². The Morgan fingerprint density at radius 2 is 2.21 bits per heavy atom. The van der Waals surface area contributed by atoms with Crippen LogP contribution in [0.15, 0.2) is 0 Å². The molecule has 0 bridgehead atoms. The van der Waals surface area contributed by atoms with Crippen LogP contribution >= 0.6 is 0 Å². The van der Waals surface area contributed by atoms with Crippen molar-refractivity contribution in [3.8, 4) is 0 Å². The molecule has 1 fully saturated rings. The number of nitrogens with one attached hydrogen (secondary N) is 1. The van der Waals surface area contributed by atoms with Gasteiger partial charge in [-0.15, -0.1) is 0 Å². The molecule has 1 N–H and O–H groups in total. The van der Waals surface area contributed by atoms with E-state index < -0.39 is 0 Å². The summed E-state index contributed by atoms with van der Waals surface area (Å²) >= 11 is 0. The third kappa shape index (κ3) is 2.98. The number of hydrogen-bond acceptors (Lipinski definition) is 2. The third-order valence-corrected chi connectivity index (χ3v) is 2.83. The molecule has 1 amide bonds. The van der Waals surface area contributed by atoms with Crippen LogP contribution in [0.4, 0.5) is 0 Å². The molecule has 0 aromatic carbocycles. The topological polar surface area (TPSA) is 32.3 Å². The van der Waals surface area contributed by atoms with Gasteiger partial charge in [-0.3, -0.25) is 4.79 Å². The average Bonchev–Trinajstić information content (AvgIpc) is 2.26. The zero-order chi connectivity index (χ0) is 10.6.